The molecule has 1 atom stereocenters. The normalized spacial score (nSPS) is 17.1. The highest BCUT2D eigenvalue weighted by molar-refractivity contribution is 7.15. The molecule has 8 heteroatoms. The smallest absolute Gasteiger partial charge is 0.409 e. The molecule has 1 aromatic rings. The van der Waals surface area contributed by atoms with Gasteiger partial charge in [0, 0.05) is 31.1 Å². The Labute approximate surface area is 159 Å². The Morgan fingerprint density at radius 3 is 2.54 bits per heavy atom. The van der Waals surface area contributed by atoms with E-state index in [2.05, 4.69) is 15.2 Å². The number of hydrogen-bond donors (Lipinski definition) is 1. The number of rotatable bonds is 5. The van der Waals surface area contributed by atoms with E-state index in [1.165, 1.54) is 11.3 Å². The van der Waals surface area contributed by atoms with Gasteiger partial charge in [0.15, 0.2) is 5.13 Å². The summed E-state index contributed by atoms with van der Waals surface area (Å²) in [6.45, 7) is 13.0. The number of aromatic nitrogens is 1. The van der Waals surface area contributed by atoms with Crippen molar-refractivity contribution in [2.45, 2.75) is 47.1 Å². The zero-order valence-corrected chi connectivity index (χ0v) is 17.2. The Balaban J connectivity index is 1.86. The summed E-state index contributed by atoms with van der Waals surface area (Å²) in [4.78, 5) is 34.0. The SMILES string of the molecule is Cc1nc(NC(=O)C(C)N2CCCN(C(=O)OCC(C)C)CC2)sc1C. The number of hydrogen-bond acceptors (Lipinski definition) is 6. The predicted octanol–water partition coefficient (Wildman–Crippen LogP) is 2.89. The van der Waals surface area contributed by atoms with Crippen LogP contribution in [-0.2, 0) is 9.53 Å². The summed E-state index contributed by atoms with van der Waals surface area (Å²) in [5, 5.41) is 3.55. The lowest BCUT2D eigenvalue weighted by atomic mass is 10.2. The minimum Gasteiger partial charge on any atom is -0.449 e. The number of nitrogens with zero attached hydrogens (tertiary/aromatic N) is 3. The highest BCUT2D eigenvalue weighted by Gasteiger charge is 2.26. The fourth-order valence-corrected chi connectivity index (χ4v) is 3.56. The van der Waals surface area contributed by atoms with Gasteiger partial charge < -0.3 is 15.0 Å². The third kappa shape index (κ3) is 5.67. The highest BCUT2D eigenvalue weighted by atomic mass is 32.1. The molecule has 0 spiro atoms. The largest absolute Gasteiger partial charge is 0.449 e. The molecule has 1 saturated heterocycles. The second-order valence-corrected chi connectivity index (χ2v) is 8.38. The van der Waals surface area contributed by atoms with Crippen LogP contribution in [-0.4, -0.2) is 65.6 Å². The van der Waals surface area contributed by atoms with Crippen molar-refractivity contribution in [3.8, 4) is 0 Å². The lowest BCUT2D eigenvalue weighted by molar-refractivity contribution is -0.120. The maximum atomic E-state index is 12.5. The van der Waals surface area contributed by atoms with Crippen LogP contribution in [0.1, 0.15) is 37.8 Å². The summed E-state index contributed by atoms with van der Waals surface area (Å²) in [5.41, 5.74) is 0.947. The third-order valence-corrected chi connectivity index (χ3v) is 5.50. The minimum atomic E-state index is -0.272. The number of nitrogens with one attached hydrogen (secondary N) is 1. The van der Waals surface area contributed by atoms with E-state index in [4.69, 9.17) is 4.74 Å². The van der Waals surface area contributed by atoms with Gasteiger partial charge in [-0.3, -0.25) is 9.69 Å². The number of aryl methyl sites for hydroxylation is 2. The average Bonchev–Trinajstić information content (AvgIpc) is 2.79. The molecule has 1 N–H and O–H groups in total. The van der Waals surface area contributed by atoms with Gasteiger partial charge in [-0.1, -0.05) is 13.8 Å². The van der Waals surface area contributed by atoms with Crippen LogP contribution in [0.25, 0.3) is 0 Å². The first kappa shape index (κ1) is 20.6. The zero-order chi connectivity index (χ0) is 19.3. The van der Waals surface area contributed by atoms with Crippen molar-refractivity contribution >= 4 is 28.5 Å². The third-order valence-electron chi connectivity index (χ3n) is 4.51. The van der Waals surface area contributed by atoms with Gasteiger partial charge in [0.25, 0.3) is 0 Å². The predicted molar refractivity (Wildman–Crippen MR) is 104 cm³/mol. The van der Waals surface area contributed by atoms with Crippen LogP contribution < -0.4 is 5.32 Å². The first-order valence-corrected chi connectivity index (χ1v) is 10.00. The topological polar surface area (TPSA) is 74.8 Å². The van der Waals surface area contributed by atoms with Gasteiger partial charge >= 0.3 is 6.09 Å². The van der Waals surface area contributed by atoms with E-state index in [0.29, 0.717) is 37.3 Å². The second-order valence-electron chi connectivity index (χ2n) is 7.17. The maximum absolute atomic E-state index is 12.5. The van der Waals surface area contributed by atoms with Crippen molar-refractivity contribution in [1.82, 2.24) is 14.8 Å². The Morgan fingerprint density at radius 1 is 1.19 bits per heavy atom. The summed E-state index contributed by atoms with van der Waals surface area (Å²) >= 11 is 1.49. The summed E-state index contributed by atoms with van der Waals surface area (Å²) in [5.74, 6) is 0.263. The number of amides is 2. The molecule has 0 aliphatic carbocycles. The molecule has 0 radical (unpaired) electrons. The van der Waals surface area contributed by atoms with Crippen LogP contribution in [0.5, 0.6) is 0 Å². The van der Waals surface area contributed by atoms with E-state index in [9.17, 15) is 9.59 Å². The molecule has 0 aromatic carbocycles. The molecule has 1 aliphatic rings. The number of thiazole rings is 1. The fourth-order valence-electron chi connectivity index (χ4n) is 2.74. The first-order chi connectivity index (χ1) is 12.3. The van der Waals surface area contributed by atoms with Crippen molar-refractivity contribution < 1.29 is 14.3 Å². The second kappa shape index (κ2) is 9.32. The van der Waals surface area contributed by atoms with E-state index >= 15 is 0 Å². The van der Waals surface area contributed by atoms with Gasteiger partial charge in [0.2, 0.25) is 5.91 Å². The van der Waals surface area contributed by atoms with E-state index in [0.717, 1.165) is 23.5 Å². The number of ether oxygens (including phenoxy) is 1. The molecule has 2 rings (SSSR count). The van der Waals surface area contributed by atoms with E-state index in [1.54, 1.807) is 4.90 Å². The molecule has 26 heavy (non-hydrogen) atoms. The first-order valence-electron chi connectivity index (χ1n) is 9.18. The summed E-state index contributed by atoms with van der Waals surface area (Å²) in [6.07, 6.45) is 0.565. The van der Waals surface area contributed by atoms with Crippen molar-refractivity contribution in [3.63, 3.8) is 0 Å². The lowest BCUT2D eigenvalue weighted by Crippen LogP contribution is -2.44. The highest BCUT2D eigenvalue weighted by Crippen LogP contribution is 2.21. The van der Waals surface area contributed by atoms with Crippen LogP contribution in [0.4, 0.5) is 9.93 Å². The molecule has 0 saturated carbocycles. The molecule has 1 unspecified atom stereocenters. The number of carbonyl (C=O) groups excluding carboxylic acids is 2. The summed E-state index contributed by atoms with van der Waals surface area (Å²) in [7, 11) is 0. The van der Waals surface area contributed by atoms with Crippen LogP contribution in [0.15, 0.2) is 0 Å². The monoisotopic (exact) mass is 382 g/mol. The minimum absolute atomic E-state index is 0.0606. The van der Waals surface area contributed by atoms with Crippen LogP contribution >= 0.6 is 11.3 Å². The molecule has 1 fully saturated rings. The quantitative estimate of drug-likeness (QED) is 0.847. The lowest BCUT2D eigenvalue weighted by Gasteiger charge is -2.26. The van der Waals surface area contributed by atoms with Gasteiger partial charge in [0.05, 0.1) is 18.3 Å². The number of anilines is 1. The van der Waals surface area contributed by atoms with Crippen LogP contribution in [0.2, 0.25) is 0 Å². The van der Waals surface area contributed by atoms with E-state index in [1.807, 2.05) is 34.6 Å². The summed E-state index contributed by atoms with van der Waals surface area (Å²) in [6, 6.07) is -0.272. The average molecular weight is 383 g/mol. The molecule has 2 amide bonds. The molecule has 7 nitrogen and oxygen atoms in total. The van der Waals surface area contributed by atoms with E-state index < -0.39 is 0 Å². The maximum Gasteiger partial charge on any atom is 0.409 e. The Bertz CT molecular complexity index is 612. The Hall–Kier alpha value is -1.67. The van der Waals surface area contributed by atoms with Gasteiger partial charge in [-0.05, 0) is 33.1 Å². The van der Waals surface area contributed by atoms with Crippen molar-refractivity contribution in [2.24, 2.45) is 5.92 Å². The molecule has 0 bridgehead atoms. The molecule has 1 aliphatic heterocycles. The molecule has 146 valence electrons. The molecular formula is C18H30N4O3S. The summed E-state index contributed by atoms with van der Waals surface area (Å²) < 4.78 is 5.32. The van der Waals surface area contributed by atoms with Crippen molar-refractivity contribution in [2.75, 3.05) is 38.1 Å². The van der Waals surface area contributed by atoms with Gasteiger partial charge in [-0.15, -0.1) is 11.3 Å². The van der Waals surface area contributed by atoms with Crippen LogP contribution in [0, 0.1) is 19.8 Å². The zero-order valence-electron chi connectivity index (χ0n) is 16.4. The fraction of sp³-hybridized carbons (Fsp3) is 0.722. The van der Waals surface area contributed by atoms with Gasteiger partial charge in [-0.25, -0.2) is 9.78 Å². The Kier molecular flexibility index (Phi) is 7.40. The van der Waals surface area contributed by atoms with Crippen molar-refractivity contribution in [3.05, 3.63) is 10.6 Å². The van der Waals surface area contributed by atoms with Gasteiger partial charge in [-0.2, -0.15) is 0 Å². The standard InChI is InChI=1S/C18H30N4O3S/c1-12(2)11-25-18(24)22-8-6-7-21(9-10-22)14(4)16(23)20-17-19-13(3)15(5)26-17/h12,14H,6-11H2,1-5H3,(H,19,20,23). The van der Waals surface area contributed by atoms with Crippen molar-refractivity contribution in [1.29, 1.82) is 0 Å². The number of carbonyl (C=O) groups is 2. The van der Waals surface area contributed by atoms with E-state index in [-0.39, 0.29) is 18.0 Å². The van der Waals surface area contributed by atoms with Gasteiger partial charge in [0.1, 0.15) is 0 Å². The van der Waals surface area contributed by atoms with Crippen LogP contribution in [0.3, 0.4) is 0 Å². The molecule has 2 heterocycles. The Morgan fingerprint density at radius 2 is 1.92 bits per heavy atom. The molecule has 1 aromatic heterocycles. The molecular weight excluding hydrogens is 352 g/mol.